The summed E-state index contributed by atoms with van der Waals surface area (Å²) in [4.78, 5) is 0. The van der Waals surface area contributed by atoms with Gasteiger partial charge in [0.2, 0.25) is 0 Å². The summed E-state index contributed by atoms with van der Waals surface area (Å²) >= 11 is 6.55. The Bertz CT molecular complexity index is 370. The van der Waals surface area contributed by atoms with Gasteiger partial charge in [0.15, 0.2) is 0 Å². The van der Waals surface area contributed by atoms with Gasteiger partial charge in [-0.15, -0.1) is 11.6 Å². The highest BCUT2D eigenvalue weighted by Gasteiger charge is 2.32. The van der Waals surface area contributed by atoms with E-state index >= 15 is 0 Å². The van der Waals surface area contributed by atoms with Crippen LogP contribution in [0.15, 0.2) is 24.3 Å². The smallest absolute Gasteiger partial charge is 0.0749 e. The average molecular weight is 339 g/mol. The minimum atomic E-state index is -0.245. The summed E-state index contributed by atoms with van der Waals surface area (Å²) in [6.07, 6.45) is 22.2. The molecule has 2 aliphatic rings. The molecule has 4 atom stereocenters. The standard InChI is InChI=1S/C21H35ClO/c1-2-3-4-5-9-12-19-17(13-15-20(19)22)14-16-21(23)18-10-7-6-8-11-18/h5,9,14,16-21,23H,2-4,6-8,10-13,15H2,1H3/b9-5-,16-14+/t17-,19-,20-,21-/m1/s1. The summed E-state index contributed by atoms with van der Waals surface area (Å²) < 4.78 is 0. The molecule has 0 amide bonds. The van der Waals surface area contributed by atoms with Crippen LogP contribution in [0.3, 0.4) is 0 Å². The van der Waals surface area contributed by atoms with E-state index in [0.29, 0.717) is 23.1 Å². The molecule has 1 nitrogen and oxygen atoms in total. The molecule has 0 saturated heterocycles. The van der Waals surface area contributed by atoms with Crippen molar-refractivity contribution in [3.05, 3.63) is 24.3 Å². The third-order valence-corrected chi connectivity index (χ3v) is 6.32. The van der Waals surface area contributed by atoms with Crippen molar-refractivity contribution < 1.29 is 5.11 Å². The van der Waals surface area contributed by atoms with Crippen LogP contribution in [0.1, 0.15) is 77.6 Å². The molecule has 132 valence electrons. The molecular formula is C21H35ClO. The van der Waals surface area contributed by atoms with Crippen LogP contribution >= 0.6 is 11.6 Å². The largest absolute Gasteiger partial charge is 0.389 e. The predicted octanol–water partition coefficient (Wildman–Crippen LogP) is 6.25. The average Bonchev–Trinajstić information content (AvgIpc) is 2.93. The lowest BCUT2D eigenvalue weighted by Gasteiger charge is -2.25. The first-order valence-corrected chi connectivity index (χ1v) is 10.3. The molecule has 0 aromatic heterocycles. The van der Waals surface area contributed by atoms with Crippen molar-refractivity contribution in [2.75, 3.05) is 0 Å². The van der Waals surface area contributed by atoms with Crippen molar-refractivity contribution >= 4 is 11.6 Å². The number of unbranched alkanes of at least 4 members (excludes halogenated alkanes) is 2. The number of halogens is 1. The van der Waals surface area contributed by atoms with Gasteiger partial charge >= 0.3 is 0 Å². The summed E-state index contributed by atoms with van der Waals surface area (Å²) in [6, 6.07) is 0. The van der Waals surface area contributed by atoms with Crippen LogP contribution in [0.25, 0.3) is 0 Å². The number of aliphatic hydroxyl groups excluding tert-OH is 1. The first-order valence-electron chi connectivity index (χ1n) is 9.87. The maximum atomic E-state index is 10.4. The van der Waals surface area contributed by atoms with Gasteiger partial charge in [0.05, 0.1) is 6.10 Å². The number of hydrogen-bond acceptors (Lipinski definition) is 1. The monoisotopic (exact) mass is 338 g/mol. The molecule has 2 saturated carbocycles. The van der Waals surface area contributed by atoms with Gasteiger partial charge in [-0.3, -0.25) is 0 Å². The van der Waals surface area contributed by atoms with Gasteiger partial charge in [-0.25, -0.2) is 0 Å². The fraction of sp³-hybridized carbons (Fsp3) is 0.810. The van der Waals surface area contributed by atoms with Crippen molar-refractivity contribution in [3.63, 3.8) is 0 Å². The Hall–Kier alpha value is -0.270. The molecule has 1 N–H and O–H groups in total. The van der Waals surface area contributed by atoms with Crippen LogP contribution in [-0.4, -0.2) is 16.6 Å². The van der Waals surface area contributed by atoms with Gasteiger partial charge in [-0.05, 0) is 56.3 Å². The summed E-state index contributed by atoms with van der Waals surface area (Å²) in [6.45, 7) is 2.23. The first-order chi connectivity index (χ1) is 11.2. The molecular weight excluding hydrogens is 304 g/mol. The number of alkyl halides is 1. The molecule has 2 rings (SSSR count). The van der Waals surface area contributed by atoms with E-state index < -0.39 is 0 Å². The van der Waals surface area contributed by atoms with Crippen molar-refractivity contribution in [2.24, 2.45) is 17.8 Å². The minimum absolute atomic E-state index is 0.245. The number of hydrogen-bond donors (Lipinski definition) is 1. The van der Waals surface area contributed by atoms with Crippen LogP contribution in [0.5, 0.6) is 0 Å². The maximum Gasteiger partial charge on any atom is 0.0749 e. The lowest BCUT2D eigenvalue weighted by molar-refractivity contribution is 0.124. The Morgan fingerprint density at radius 3 is 2.61 bits per heavy atom. The minimum Gasteiger partial charge on any atom is -0.389 e. The summed E-state index contributed by atoms with van der Waals surface area (Å²) in [5.74, 6) is 1.58. The van der Waals surface area contributed by atoms with Gasteiger partial charge in [-0.2, -0.15) is 0 Å². The zero-order valence-electron chi connectivity index (χ0n) is 14.8. The molecule has 0 aromatic rings. The van der Waals surface area contributed by atoms with Crippen molar-refractivity contribution in [2.45, 2.75) is 89.0 Å². The third-order valence-electron chi connectivity index (χ3n) is 5.78. The highest BCUT2D eigenvalue weighted by molar-refractivity contribution is 6.21. The summed E-state index contributed by atoms with van der Waals surface area (Å²) in [7, 11) is 0. The van der Waals surface area contributed by atoms with E-state index in [1.165, 1.54) is 57.8 Å². The Kier molecular flexibility index (Phi) is 8.76. The van der Waals surface area contributed by atoms with Crippen LogP contribution in [0.2, 0.25) is 0 Å². The zero-order valence-corrected chi connectivity index (χ0v) is 15.6. The highest BCUT2D eigenvalue weighted by atomic mass is 35.5. The van der Waals surface area contributed by atoms with Gasteiger partial charge < -0.3 is 5.11 Å². The van der Waals surface area contributed by atoms with E-state index in [-0.39, 0.29) is 6.10 Å². The first kappa shape index (κ1) is 19.1. The van der Waals surface area contributed by atoms with Crippen LogP contribution in [-0.2, 0) is 0 Å². The van der Waals surface area contributed by atoms with E-state index in [0.717, 1.165) is 12.8 Å². The van der Waals surface area contributed by atoms with E-state index in [1.54, 1.807) is 0 Å². The van der Waals surface area contributed by atoms with Gasteiger partial charge in [-0.1, -0.05) is 63.3 Å². The van der Waals surface area contributed by atoms with Crippen molar-refractivity contribution in [1.29, 1.82) is 0 Å². The summed E-state index contributed by atoms with van der Waals surface area (Å²) in [5.41, 5.74) is 0. The van der Waals surface area contributed by atoms with Crippen LogP contribution < -0.4 is 0 Å². The molecule has 23 heavy (non-hydrogen) atoms. The lowest BCUT2D eigenvalue weighted by atomic mass is 9.84. The van der Waals surface area contributed by atoms with Gasteiger partial charge in [0.1, 0.15) is 0 Å². The fourth-order valence-electron chi connectivity index (χ4n) is 4.19. The molecule has 2 fully saturated rings. The zero-order chi connectivity index (χ0) is 16.5. The quantitative estimate of drug-likeness (QED) is 0.315. The molecule has 2 heteroatoms. The Balaban J connectivity index is 1.81. The van der Waals surface area contributed by atoms with Crippen LogP contribution in [0, 0.1) is 17.8 Å². The lowest BCUT2D eigenvalue weighted by Crippen LogP contribution is -2.21. The number of rotatable bonds is 8. The second kappa shape index (κ2) is 10.6. The summed E-state index contributed by atoms with van der Waals surface area (Å²) in [5, 5.41) is 10.7. The van der Waals surface area contributed by atoms with Gasteiger partial charge in [0, 0.05) is 5.38 Å². The van der Waals surface area contributed by atoms with Crippen molar-refractivity contribution in [1.82, 2.24) is 0 Å². The van der Waals surface area contributed by atoms with Crippen LogP contribution in [0.4, 0.5) is 0 Å². The highest BCUT2D eigenvalue weighted by Crippen LogP contribution is 2.39. The van der Waals surface area contributed by atoms with Gasteiger partial charge in [0.25, 0.3) is 0 Å². The molecule has 0 aliphatic heterocycles. The molecule has 0 radical (unpaired) electrons. The molecule has 0 aromatic carbocycles. The second-order valence-electron chi connectivity index (χ2n) is 7.54. The predicted molar refractivity (Wildman–Crippen MR) is 101 cm³/mol. The fourth-order valence-corrected chi connectivity index (χ4v) is 4.61. The maximum absolute atomic E-state index is 10.4. The number of allylic oxidation sites excluding steroid dienone is 3. The van der Waals surface area contributed by atoms with E-state index in [2.05, 4.69) is 31.2 Å². The Morgan fingerprint density at radius 1 is 1.09 bits per heavy atom. The molecule has 0 heterocycles. The van der Waals surface area contributed by atoms with E-state index in [1.807, 2.05) is 0 Å². The van der Waals surface area contributed by atoms with Crippen molar-refractivity contribution in [3.8, 4) is 0 Å². The second-order valence-corrected chi connectivity index (χ2v) is 8.10. The Labute approximate surface area is 148 Å². The Morgan fingerprint density at radius 2 is 1.87 bits per heavy atom. The van der Waals surface area contributed by atoms with E-state index in [4.69, 9.17) is 11.6 Å². The number of aliphatic hydroxyl groups is 1. The molecule has 0 bridgehead atoms. The molecule has 2 aliphatic carbocycles. The normalized spacial score (nSPS) is 31.3. The molecule has 0 spiro atoms. The third kappa shape index (κ3) is 6.27. The van der Waals surface area contributed by atoms with E-state index in [9.17, 15) is 5.11 Å². The topological polar surface area (TPSA) is 20.2 Å². The SMILES string of the molecule is CCCC/C=C\C[C@H]1[C@H](Cl)CC[C@@H]1/C=C/[C@@H](O)C1CCCCC1. The molecule has 0 unspecified atom stereocenters.